The predicted molar refractivity (Wildman–Crippen MR) is 115 cm³/mol. The molecule has 5 nitrogen and oxygen atoms in total. The van der Waals surface area contributed by atoms with Crippen molar-refractivity contribution >= 4 is 29.1 Å². The van der Waals surface area contributed by atoms with Crippen LogP contribution in [0.25, 0.3) is 0 Å². The van der Waals surface area contributed by atoms with Crippen LogP contribution in [0, 0.1) is 35.0 Å². The largest absolute Gasteiger partial charge is 0.457 e. The summed E-state index contributed by atoms with van der Waals surface area (Å²) >= 11 is 5.45. The lowest BCUT2D eigenvalue weighted by molar-refractivity contribution is -0.151. The van der Waals surface area contributed by atoms with E-state index in [1.54, 1.807) is 0 Å². The van der Waals surface area contributed by atoms with Crippen molar-refractivity contribution < 1.29 is 24.2 Å². The molecule has 0 bridgehead atoms. The third-order valence-corrected chi connectivity index (χ3v) is 8.36. The van der Waals surface area contributed by atoms with Crippen LogP contribution in [0.1, 0.15) is 65.7 Å². The number of allylic oxidation sites excluding steroid dienone is 1. The molecule has 1 N–H and O–H groups in total. The second-order valence-electron chi connectivity index (χ2n) is 9.38. The van der Waals surface area contributed by atoms with E-state index in [-0.39, 0.29) is 41.3 Å². The van der Waals surface area contributed by atoms with Gasteiger partial charge >= 0.3 is 5.97 Å². The number of aliphatic hydroxyl groups excluding tert-OH is 1. The van der Waals surface area contributed by atoms with E-state index in [2.05, 4.69) is 6.92 Å². The molecule has 0 saturated heterocycles. The van der Waals surface area contributed by atoms with E-state index < -0.39 is 12.1 Å². The molecule has 0 aromatic rings. The first kappa shape index (κ1) is 23.5. The molecule has 7 unspecified atom stereocenters. The van der Waals surface area contributed by atoms with Gasteiger partial charge in [-0.05, 0) is 73.7 Å². The van der Waals surface area contributed by atoms with Gasteiger partial charge in [0.15, 0.2) is 11.6 Å². The summed E-state index contributed by atoms with van der Waals surface area (Å²) in [6.07, 6.45) is 7.11. The van der Waals surface area contributed by atoms with Gasteiger partial charge in [-0.2, -0.15) is 0 Å². The smallest absolute Gasteiger partial charge is 0.321 e. The van der Waals surface area contributed by atoms with Gasteiger partial charge < -0.3 is 9.84 Å². The van der Waals surface area contributed by atoms with Crippen molar-refractivity contribution in [3.8, 4) is 0 Å². The minimum Gasteiger partial charge on any atom is -0.457 e. The fourth-order valence-corrected chi connectivity index (χ4v) is 7.16. The van der Waals surface area contributed by atoms with Crippen LogP contribution in [-0.2, 0) is 19.1 Å². The van der Waals surface area contributed by atoms with E-state index in [1.165, 1.54) is 5.57 Å². The molecule has 0 spiro atoms. The number of Topliss-reactive ketones (excluding diaryl/α,β-unsaturated/α-hetero) is 1. The minimum atomic E-state index is -0.572. The van der Waals surface area contributed by atoms with Gasteiger partial charge in [-0.25, -0.2) is 0 Å². The van der Waals surface area contributed by atoms with Crippen LogP contribution >= 0.6 is 11.6 Å². The van der Waals surface area contributed by atoms with Crippen LogP contribution in [0.5, 0.6) is 0 Å². The number of ether oxygens (including phenoxy) is 1. The summed E-state index contributed by atoms with van der Waals surface area (Å²) in [5.41, 5.74) is 0.982. The van der Waals surface area contributed by atoms with Gasteiger partial charge in [0.05, 0.1) is 6.10 Å². The average molecular weight is 439 g/mol. The Morgan fingerprint density at radius 1 is 1.20 bits per heavy atom. The fraction of sp³-hybridized carbons (Fsp3) is 0.792. The molecule has 0 aromatic heterocycles. The molecule has 168 valence electrons. The fourth-order valence-electron chi connectivity index (χ4n) is 7.08. The van der Waals surface area contributed by atoms with Crippen molar-refractivity contribution in [2.24, 2.45) is 35.0 Å². The van der Waals surface area contributed by atoms with Gasteiger partial charge in [0, 0.05) is 12.3 Å². The van der Waals surface area contributed by atoms with Gasteiger partial charge in [0.25, 0.3) is 0 Å². The van der Waals surface area contributed by atoms with Gasteiger partial charge in [-0.3, -0.25) is 14.4 Å². The Morgan fingerprint density at radius 3 is 2.63 bits per heavy atom. The maximum absolute atomic E-state index is 12.8. The number of carbonyl (C=O) groups excluding carboxylic acids is 3. The molecule has 3 saturated carbocycles. The zero-order chi connectivity index (χ0) is 22.1. The average Bonchev–Trinajstić information content (AvgIpc) is 3.09. The first-order valence-electron chi connectivity index (χ1n) is 11.5. The second kappa shape index (κ2) is 9.52. The summed E-state index contributed by atoms with van der Waals surface area (Å²) in [7, 11) is 0. The van der Waals surface area contributed by atoms with E-state index in [9.17, 15) is 19.5 Å². The van der Waals surface area contributed by atoms with Crippen LogP contribution < -0.4 is 0 Å². The number of fused-ring (bicyclic) bond motifs is 5. The highest BCUT2D eigenvalue weighted by atomic mass is 35.5. The standard InChI is InChI=1S/C22H29ClO5.C2H6/c1-22-9-18(25)21-14-5-3-13(24)8-12(14)2-4-15(21)16(22)6-7-17(22)19(26)11-28-20(27)10-23;1-2/h8,14-18,21,25H,2-7,9-11H2,1H3;1-2H3. The van der Waals surface area contributed by atoms with Crippen molar-refractivity contribution in [1.29, 1.82) is 0 Å². The Kier molecular flexibility index (Phi) is 7.44. The number of carbonyl (C=O) groups is 3. The van der Waals surface area contributed by atoms with Crippen molar-refractivity contribution in [2.45, 2.75) is 71.8 Å². The molecule has 0 aromatic carbocycles. The maximum Gasteiger partial charge on any atom is 0.321 e. The topological polar surface area (TPSA) is 80.7 Å². The van der Waals surface area contributed by atoms with Crippen molar-refractivity contribution in [3.63, 3.8) is 0 Å². The zero-order valence-corrected chi connectivity index (χ0v) is 19.1. The molecule has 7 atom stereocenters. The first-order chi connectivity index (χ1) is 14.3. The molecule has 4 rings (SSSR count). The summed E-state index contributed by atoms with van der Waals surface area (Å²) in [5, 5.41) is 11.2. The molecular weight excluding hydrogens is 404 g/mol. The van der Waals surface area contributed by atoms with Crippen molar-refractivity contribution in [1.82, 2.24) is 0 Å². The second-order valence-corrected chi connectivity index (χ2v) is 9.65. The lowest BCUT2D eigenvalue weighted by atomic mass is 9.50. The van der Waals surface area contributed by atoms with E-state index >= 15 is 0 Å². The van der Waals surface area contributed by atoms with Crippen LogP contribution in [0.3, 0.4) is 0 Å². The number of hydrogen-bond donors (Lipinski definition) is 1. The number of halogens is 1. The number of rotatable bonds is 4. The van der Waals surface area contributed by atoms with Gasteiger partial charge in [0.1, 0.15) is 12.5 Å². The number of hydrogen-bond acceptors (Lipinski definition) is 5. The Labute approximate surface area is 184 Å². The molecule has 0 amide bonds. The van der Waals surface area contributed by atoms with E-state index in [0.717, 1.165) is 32.1 Å². The molecular formula is C24H35ClO5. The Balaban J connectivity index is 0.00000124. The highest BCUT2D eigenvalue weighted by Crippen LogP contribution is 2.63. The quantitative estimate of drug-likeness (QED) is 0.528. The Hall–Kier alpha value is -1.20. The lowest BCUT2D eigenvalue weighted by Crippen LogP contribution is -2.54. The number of ketones is 2. The molecule has 30 heavy (non-hydrogen) atoms. The van der Waals surface area contributed by atoms with E-state index in [4.69, 9.17) is 16.3 Å². The molecule has 0 aliphatic heterocycles. The Morgan fingerprint density at radius 2 is 1.93 bits per heavy atom. The molecule has 4 aliphatic carbocycles. The third kappa shape index (κ3) is 4.12. The summed E-state index contributed by atoms with van der Waals surface area (Å²) in [5.74, 6) is 0.485. The van der Waals surface area contributed by atoms with Gasteiger partial charge in [-0.15, -0.1) is 11.6 Å². The highest BCUT2D eigenvalue weighted by Gasteiger charge is 2.60. The van der Waals surface area contributed by atoms with Crippen LogP contribution in [0.4, 0.5) is 0 Å². The number of aliphatic hydroxyl groups is 1. The molecule has 6 heteroatoms. The number of alkyl halides is 1. The predicted octanol–water partition coefficient (Wildman–Crippen LogP) is 4.09. The normalized spacial score (nSPS) is 39.5. The zero-order valence-electron chi connectivity index (χ0n) is 18.4. The van der Waals surface area contributed by atoms with E-state index in [1.807, 2.05) is 19.9 Å². The van der Waals surface area contributed by atoms with Crippen molar-refractivity contribution in [3.05, 3.63) is 11.6 Å². The number of esters is 1. The van der Waals surface area contributed by atoms with Crippen LogP contribution in [0.15, 0.2) is 11.6 Å². The first-order valence-corrected chi connectivity index (χ1v) is 12.0. The van der Waals surface area contributed by atoms with E-state index in [0.29, 0.717) is 30.6 Å². The van der Waals surface area contributed by atoms with Crippen LogP contribution in [0.2, 0.25) is 0 Å². The summed E-state index contributed by atoms with van der Waals surface area (Å²) in [4.78, 5) is 35.9. The summed E-state index contributed by atoms with van der Waals surface area (Å²) < 4.78 is 4.98. The molecule has 0 radical (unpaired) electrons. The highest BCUT2D eigenvalue weighted by molar-refractivity contribution is 6.26. The molecule has 0 heterocycles. The Bertz CT molecular complexity index is 716. The summed E-state index contributed by atoms with van der Waals surface area (Å²) in [6.45, 7) is 5.92. The monoisotopic (exact) mass is 438 g/mol. The van der Waals surface area contributed by atoms with Crippen molar-refractivity contribution in [2.75, 3.05) is 12.5 Å². The molecule has 3 fully saturated rings. The maximum atomic E-state index is 12.8. The SMILES string of the molecule is CC.CC12CC(O)C3C4CCC(=O)C=C4CCC3C1CCC2C(=O)COC(=O)CCl. The third-order valence-electron chi connectivity index (χ3n) is 8.14. The van der Waals surface area contributed by atoms with Crippen LogP contribution in [-0.4, -0.2) is 41.2 Å². The molecule has 4 aliphatic rings. The minimum absolute atomic E-state index is 0.0474. The van der Waals surface area contributed by atoms with Gasteiger partial charge in [0.2, 0.25) is 0 Å². The summed E-state index contributed by atoms with van der Waals surface area (Å²) in [6, 6.07) is 0. The lowest BCUT2D eigenvalue weighted by Gasteiger charge is -2.55. The van der Waals surface area contributed by atoms with Gasteiger partial charge in [-0.1, -0.05) is 26.3 Å².